The highest BCUT2D eigenvalue weighted by Crippen LogP contribution is 2.35. The molecule has 5 heteroatoms. The molecule has 0 unspecified atom stereocenters. The monoisotopic (exact) mass is 319 g/mol. The lowest BCUT2D eigenvalue weighted by atomic mass is 9.93. The van der Waals surface area contributed by atoms with Gasteiger partial charge in [0.15, 0.2) is 5.78 Å². The van der Waals surface area contributed by atoms with Crippen molar-refractivity contribution in [2.24, 2.45) is 0 Å². The van der Waals surface area contributed by atoms with Crippen LogP contribution in [0.4, 0.5) is 0 Å². The molecule has 0 N–H and O–H groups in total. The average molecular weight is 319 g/mol. The minimum atomic E-state index is -0.445. The summed E-state index contributed by atoms with van der Waals surface area (Å²) in [5.41, 5.74) is 0.212. The molecule has 1 saturated heterocycles. The third-order valence-corrected chi connectivity index (χ3v) is 4.22. The fraction of sp³-hybridized carbons (Fsp3) is 0.611. The smallest absolute Gasteiger partial charge is 0.170 e. The number of hydrogen-bond donors (Lipinski definition) is 0. The summed E-state index contributed by atoms with van der Waals surface area (Å²) in [5.74, 6) is 1.53. The quantitative estimate of drug-likeness (QED) is 0.781. The first-order valence-electron chi connectivity index (χ1n) is 8.33. The molecule has 2 heterocycles. The van der Waals surface area contributed by atoms with Crippen molar-refractivity contribution in [3.8, 4) is 11.5 Å². The average Bonchev–Trinajstić information content (AvgIpc) is 2.51. The highest BCUT2D eigenvalue weighted by molar-refractivity contribution is 6.00. The zero-order chi connectivity index (χ0) is 16.3. The number of rotatable bonds is 5. The van der Waals surface area contributed by atoms with E-state index in [1.54, 1.807) is 0 Å². The lowest BCUT2D eigenvalue weighted by molar-refractivity contribution is 0.0357. The summed E-state index contributed by atoms with van der Waals surface area (Å²) in [4.78, 5) is 14.5. The fourth-order valence-electron chi connectivity index (χ4n) is 3.03. The molecule has 1 fully saturated rings. The van der Waals surface area contributed by atoms with E-state index in [2.05, 4.69) is 4.90 Å². The van der Waals surface area contributed by atoms with Crippen LogP contribution in [0.25, 0.3) is 0 Å². The van der Waals surface area contributed by atoms with Crippen molar-refractivity contribution in [3.63, 3.8) is 0 Å². The van der Waals surface area contributed by atoms with Gasteiger partial charge < -0.3 is 14.2 Å². The summed E-state index contributed by atoms with van der Waals surface area (Å²) in [6.07, 6.45) is 1.39. The van der Waals surface area contributed by atoms with Crippen molar-refractivity contribution in [3.05, 3.63) is 23.8 Å². The molecule has 126 valence electrons. The SMILES string of the molecule is CC1(C)CC(=O)c2ccc(OCCCN3CCOCC3)cc2O1. The maximum absolute atomic E-state index is 12.1. The van der Waals surface area contributed by atoms with Crippen molar-refractivity contribution >= 4 is 5.78 Å². The topological polar surface area (TPSA) is 48.0 Å². The van der Waals surface area contributed by atoms with Crippen molar-refractivity contribution in [2.75, 3.05) is 39.5 Å². The van der Waals surface area contributed by atoms with Gasteiger partial charge in [-0.1, -0.05) is 0 Å². The molecule has 3 rings (SSSR count). The molecule has 0 aliphatic carbocycles. The second kappa shape index (κ2) is 6.89. The van der Waals surface area contributed by atoms with Gasteiger partial charge in [0.05, 0.1) is 31.8 Å². The van der Waals surface area contributed by atoms with Gasteiger partial charge in [0.25, 0.3) is 0 Å². The van der Waals surface area contributed by atoms with Gasteiger partial charge in [0.2, 0.25) is 0 Å². The van der Waals surface area contributed by atoms with Crippen molar-refractivity contribution in [1.29, 1.82) is 0 Å². The van der Waals surface area contributed by atoms with E-state index in [0.29, 0.717) is 24.3 Å². The summed E-state index contributed by atoms with van der Waals surface area (Å²) < 4.78 is 17.1. The third kappa shape index (κ3) is 4.24. The van der Waals surface area contributed by atoms with Crippen LogP contribution >= 0.6 is 0 Å². The third-order valence-electron chi connectivity index (χ3n) is 4.22. The van der Waals surface area contributed by atoms with Gasteiger partial charge in [-0.05, 0) is 32.4 Å². The van der Waals surface area contributed by atoms with Crippen LogP contribution in [0, 0.1) is 0 Å². The first-order chi connectivity index (χ1) is 11.0. The molecule has 0 amide bonds. The van der Waals surface area contributed by atoms with Crippen LogP contribution in [0.5, 0.6) is 11.5 Å². The van der Waals surface area contributed by atoms with Crippen LogP contribution in [0.15, 0.2) is 18.2 Å². The minimum Gasteiger partial charge on any atom is -0.493 e. The Hall–Kier alpha value is -1.59. The molecule has 0 atom stereocenters. The summed E-state index contributed by atoms with van der Waals surface area (Å²) in [5, 5.41) is 0. The molecule has 0 saturated carbocycles. The number of carbonyl (C=O) groups is 1. The van der Waals surface area contributed by atoms with Gasteiger partial charge in [-0.3, -0.25) is 9.69 Å². The number of benzene rings is 1. The number of fused-ring (bicyclic) bond motifs is 1. The summed E-state index contributed by atoms with van der Waals surface area (Å²) in [6, 6.07) is 5.50. The maximum Gasteiger partial charge on any atom is 0.170 e. The molecule has 1 aromatic rings. The molecular formula is C18H25NO4. The van der Waals surface area contributed by atoms with E-state index in [1.807, 2.05) is 32.0 Å². The fourth-order valence-corrected chi connectivity index (χ4v) is 3.03. The van der Waals surface area contributed by atoms with Crippen molar-refractivity contribution in [1.82, 2.24) is 4.90 Å². The second-order valence-corrected chi connectivity index (χ2v) is 6.78. The molecule has 2 aliphatic heterocycles. The second-order valence-electron chi connectivity index (χ2n) is 6.78. The molecule has 0 radical (unpaired) electrons. The molecule has 2 aliphatic rings. The summed E-state index contributed by atoms with van der Waals surface area (Å²) >= 11 is 0. The Balaban J connectivity index is 1.52. The van der Waals surface area contributed by atoms with Gasteiger partial charge in [-0.15, -0.1) is 0 Å². The number of Topliss-reactive ketones (excluding diaryl/α,β-unsaturated/α-hetero) is 1. The Kier molecular flexibility index (Phi) is 4.87. The minimum absolute atomic E-state index is 0.134. The van der Waals surface area contributed by atoms with Gasteiger partial charge in [0.1, 0.15) is 17.1 Å². The molecule has 0 spiro atoms. The molecule has 0 bridgehead atoms. The predicted molar refractivity (Wildman–Crippen MR) is 87.5 cm³/mol. The highest BCUT2D eigenvalue weighted by atomic mass is 16.5. The summed E-state index contributed by atoms with van der Waals surface area (Å²) in [7, 11) is 0. The molecule has 5 nitrogen and oxygen atoms in total. The van der Waals surface area contributed by atoms with Gasteiger partial charge in [-0.2, -0.15) is 0 Å². The molecule has 1 aromatic carbocycles. The van der Waals surface area contributed by atoms with Crippen LogP contribution in [0.1, 0.15) is 37.0 Å². The normalized spacial score (nSPS) is 20.7. The van der Waals surface area contributed by atoms with Crippen molar-refractivity contribution < 1.29 is 19.0 Å². The molecule has 23 heavy (non-hydrogen) atoms. The summed E-state index contributed by atoms with van der Waals surface area (Å²) in [6.45, 7) is 9.21. The predicted octanol–water partition coefficient (Wildman–Crippen LogP) is 2.53. The van der Waals surface area contributed by atoms with Gasteiger partial charge >= 0.3 is 0 Å². The van der Waals surface area contributed by atoms with E-state index in [0.717, 1.165) is 45.0 Å². The largest absolute Gasteiger partial charge is 0.493 e. The Morgan fingerprint density at radius 2 is 2.04 bits per heavy atom. The Morgan fingerprint density at radius 3 is 2.83 bits per heavy atom. The number of ether oxygens (including phenoxy) is 3. The van der Waals surface area contributed by atoms with Crippen molar-refractivity contribution in [2.45, 2.75) is 32.3 Å². The van der Waals surface area contributed by atoms with E-state index in [1.165, 1.54) is 0 Å². The zero-order valence-corrected chi connectivity index (χ0v) is 14.0. The Bertz CT molecular complexity index is 564. The maximum atomic E-state index is 12.1. The van der Waals surface area contributed by atoms with Gasteiger partial charge in [0, 0.05) is 25.7 Å². The molecular weight excluding hydrogens is 294 g/mol. The first-order valence-corrected chi connectivity index (χ1v) is 8.33. The standard InChI is InChI=1S/C18H25NO4/c1-18(2)13-16(20)15-5-4-14(12-17(15)23-18)22-9-3-6-19-7-10-21-11-8-19/h4-5,12H,3,6-11,13H2,1-2H3. The first kappa shape index (κ1) is 16.3. The zero-order valence-electron chi connectivity index (χ0n) is 14.0. The Morgan fingerprint density at radius 1 is 1.26 bits per heavy atom. The van der Waals surface area contributed by atoms with Crippen LogP contribution in [0.3, 0.4) is 0 Å². The van der Waals surface area contributed by atoms with Crippen LogP contribution in [-0.2, 0) is 4.74 Å². The van der Waals surface area contributed by atoms with E-state index in [4.69, 9.17) is 14.2 Å². The number of hydrogen-bond acceptors (Lipinski definition) is 5. The van der Waals surface area contributed by atoms with Gasteiger partial charge in [-0.25, -0.2) is 0 Å². The highest BCUT2D eigenvalue weighted by Gasteiger charge is 2.32. The van der Waals surface area contributed by atoms with E-state index in [9.17, 15) is 4.79 Å². The lowest BCUT2D eigenvalue weighted by Crippen LogP contribution is -2.37. The van der Waals surface area contributed by atoms with Crippen LogP contribution < -0.4 is 9.47 Å². The lowest BCUT2D eigenvalue weighted by Gasteiger charge is -2.31. The number of carbonyl (C=O) groups excluding carboxylic acids is 1. The van der Waals surface area contributed by atoms with E-state index in [-0.39, 0.29) is 5.78 Å². The van der Waals surface area contributed by atoms with Crippen LogP contribution in [-0.4, -0.2) is 55.7 Å². The number of nitrogens with zero attached hydrogens (tertiary/aromatic N) is 1. The van der Waals surface area contributed by atoms with Crippen LogP contribution in [0.2, 0.25) is 0 Å². The Labute approximate surface area is 137 Å². The molecule has 0 aromatic heterocycles. The number of ketones is 1. The number of morpholine rings is 1. The van der Waals surface area contributed by atoms with E-state index >= 15 is 0 Å². The van der Waals surface area contributed by atoms with E-state index < -0.39 is 5.60 Å².